The zero-order valence-electron chi connectivity index (χ0n) is 13.5. The molecule has 0 aliphatic heterocycles. The molecule has 25 heavy (non-hydrogen) atoms. The van der Waals surface area contributed by atoms with Crippen LogP contribution in [0.4, 0.5) is 0 Å². The Bertz CT molecular complexity index is 923. The highest BCUT2D eigenvalue weighted by atomic mass is 32.2. The van der Waals surface area contributed by atoms with Gasteiger partial charge in [-0.3, -0.25) is 0 Å². The molecule has 8 heteroatoms. The van der Waals surface area contributed by atoms with Gasteiger partial charge in [-0.1, -0.05) is 47.7 Å². The minimum atomic E-state index is -3.67. The van der Waals surface area contributed by atoms with Gasteiger partial charge in [-0.15, -0.1) is 10.2 Å². The van der Waals surface area contributed by atoms with Crippen molar-refractivity contribution in [3.63, 3.8) is 0 Å². The first-order chi connectivity index (χ1) is 12.0. The third kappa shape index (κ3) is 5.07. The third-order valence-corrected chi connectivity index (χ3v) is 5.46. The number of hydrogen-bond acceptors (Lipinski definition) is 7. The van der Waals surface area contributed by atoms with E-state index in [9.17, 15) is 8.42 Å². The average Bonchev–Trinajstić information content (AvgIpc) is 3.04. The largest absolute Gasteiger partial charge is 0.411 e. The molecule has 130 valence electrons. The molecule has 1 heterocycles. The molecular weight excluding hydrogens is 360 g/mol. The van der Waals surface area contributed by atoms with Crippen molar-refractivity contribution in [3.05, 3.63) is 60.2 Å². The minimum absolute atomic E-state index is 0.158. The first-order valence-electron chi connectivity index (χ1n) is 7.52. The van der Waals surface area contributed by atoms with Gasteiger partial charge in [-0.25, -0.2) is 0 Å². The van der Waals surface area contributed by atoms with Gasteiger partial charge in [0, 0.05) is 11.3 Å². The summed E-state index contributed by atoms with van der Waals surface area (Å²) in [6.07, 6.45) is 0. The highest BCUT2D eigenvalue weighted by Gasteiger charge is 2.15. The van der Waals surface area contributed by atoms with Crippen LogP contribution < -0.4 is 4.18 Å². The Morgan fingerprint density at radius 3 is 2.48 bits per heavy atom. The lowest BCUT2D eigenvalue weighted by molar-refractivity contribution is 0.466. The van der Waals surface area contributed by atoms with Crippen LogP contribution in [0.3, 0.4) is 0 Å². The summed E-state index contributed by atoms with van der Waals surface area (Å²) in [6.45, 7) is 2.00. The summed E-state index contributed by atoms with van der Waals surface area (Å²) in [5.41, 5.74) is 1.96. The lowest BCUT2D eigenvalue weighted by Crippen LogP contribution is -2.15. The minimum Gasteiger partial charge on any atom is -0.411 e. The summed E-state index contributed by atoms with van der Waals surface area (Å²) in [4.78, 5) is 0. The van der Waals surface area contributed by atoms with E-state index in [1.165, 1.54) is 11.8 Å². The van der Waals surface area contributed by atoms with Crippen molar-refractivity contribution in [3.8, 4) is 17.2 Å². The Morgan fingerprint density at radius 2 is 1.76 bits per heavy atom. The summed E-state index contributed by atoms with van der Waals surface area (Å²) in [5.74, 6) is 0.803. The fourth-order valence-electron chi connectivity index (χ4n) is 1.98. The maximum atomic E-state index is 11.9. The SMILES string of the molecule is Cc1ccc(-c2nnc(SCCS(=O)(=O)Oc3ccccc3)o2)cc1. The highest BCUT2D eigenvalue weighted by Crippen LogP contribution is 2.23. The van der Waals surface area contributed by atoms with E-state index in [-0.39, 0.29) is 11.5 Å². The van der Waals surface area contributed by atoms with Gasteiger partial charge in [0.2, 0.25) is 5.89 Å². The van der Waals surface area contributed by atoms with Crippen LogP contribution in [0.25, 0.3) is 11.5 Å². The van der Waals surface area contributed by atoms with E-state index >= 15 is 0 Å². The van der Waals surface area contributed by atoms with Crippen LogP contribution in [0, 0.1) is 6.92 Å². The smallest absolute Gasteiger partial charge is 0.310 e. The van der Waals surface area contributed by atoms with Crippen LogP contribution in [0.2, 0.25) is 0 Å². The third-order valence-electron chi connectivity index (χ3n) is 3.23. The monoisotopic (exact) mass is 376 g/mol. The average molecular weight is 376 g/mol. The van der Waals surface area contributed by atoms with Crippen LogP contribution in [-0.4, -0.2) is 30.1 Å². The van der Waals surface area contributed by atoms with Crippen LogP contribution in [0.5, 0.6) is 5.75 Å². The van der Waals surface area contributed by atoms with E-state index in [2.05, 4.69) is 10.2 Å². The number of aryl methyl sites for hydroxylation is 1. The van der Waals surface area contributed by atoms with Gasteiger partial charge in [0.1, 0.15) is 5.75 Å². The molecule has 3 aromatic rings. The zero-order chi connectivity index (χ0) is 17.7. The van der Waals surface area contributed by atoms with Gasteiger partial charge in [0.25, 0.3) is 5.22 Å². The molecule has 0 aliphatic carbocycles. The number of nitrogens with zero attached hydrogens (tertiary/aromatic N) is 2. The second-order valence-corrected chi connectivity index (χ2v) is 7.98. The van der Waals surface area contributed by atoms with Crippen LogP contribution >= 0.6 is 11.8 Å². The van der Waals surface area contributed by atoms with E-state index < -0.39 is 10.1 Å². The summed E-state index contributed by atoms with van der Waals surface area (Å²) < 4.78 is 34.5. The molecule has 6 nitrogen and oxygen atoms in total. The lowest BCUT2D eigenvalue weighted by Gasteiger charge is -2.05. The van der Waals surface area contributed by atoms with E-state index in [4.69, 9.17) is 8.60 Å². The quantitative estimate of drug-likeness (QED) is 0.461. The predicted octanol–water partition coefficient (Wildman–Crippen LogP) is 3.55. The van der Waals surface area contributed by atoms with Crippen molar-refractivity contribution in [1.82, 2.24) is 10.2 Å². The Balaban J connectivity index is 1.55. The van der Waals surface area contributed by atoms with E-state index in [1.54, 1.807) is 30.3 Å². The van der Waals surface area contributed by atoms with Crippen molar-refractivity contribution < 1.29 is 17.0 Å². The number of thioether (sulfide) groups is 1. The molecule has 0 aliphatic rings. The molecule has 0 unspecified atom stereocenters. The second-order valence-electron chi connectivity index (χ2n) is 5.25. The molecule has 0 radical (unpaired) electrons. The van der Waals surface area contributed by atoms with Gasteiger partial charge in [-0.2, -0.15) is 8.42 Å². The van der Waals surface area contributed by atoms with Crippen molar-refractivity contribution in [2.24, 2.45) is 0 Å². The van der Waals surface area contributed by atoms with Crippen LogP contribution in [0.1, 0.15) is 5.56 Å². The predicted molar refractivity (Wildman–Crippen MR) is 96.1 cm³/mol. The van der Waals surface area contributed by atoms with Gasteiger partial charge in [0.05, 0.1) is 5.75 Å². The first kappa shape index (κ1) is 17.5. The summed E-state index contributed by atoms with van der Waals surface area (Å²) in [7, 11) is -3.67. The molecule has 3 rings (SSSR count). The van der Waals surface area contributed by atoms with Crippen LogP contribution in [-0.2, 0) is 10.1 Å². The number of rotatable bonds is 7. The van der Waals surface area contributed by atoms with Gasteiger partial charge >= 0.3 is 10.1 Å². The zero-order valence-corrected chi connectivity index (χ0v) is 15.1. The molecular formula is C17H16N2O4S2. The second kappa shape index (κ2) is 7.71. The Labute approximate surface area is 150 Å². The molecule has 1 aromatic heterocycles. The molecule has 0 bridgehead atoms. The molecule has 0 atom stereocenters. The van der Waals surface area contributed by atoms with Crippen molar-refractivity contribution in [1.29, 1.82) is 0 Å². The van der Waals surface area contributed by atoms with Gasteiger partial charge in [-0.05, 0) is 31.2 Å². The fourth-order valence-corrected chi connectivity index (χ4v) is 4.02. The summed E-state index contributed by atoms with van der Waals surface area (Å²) in [6, 6.07) is 16.1. The van der Waals surface area contributed by atoms with Crippen molar-refractivity contribution in [2.75, 3.05) is 11.5 Å². The van der Waals surface area contributed by atoms with Gasteiger partial charge < -0.3 is 8.60 Å². The Hall–Kier alpha value is -2.32. The Kier molecular flexibility index (Phi) is 5.40. The molecule has 0 amide bonds. The number of hydrogen-bond donors (Lipinski definition) is 0. The van der Waals surface area contributed by atoms with Crippen molar-refractivity contribution in [2.45, 2.75) is 12.1 Å². The molecule has 0 N–H and O–H groups in total. The lowest BCUT2D eigenvalue weighted by atomic mass is 10.1. The van der Waals surface area contributed by atoms with E-state index in [0.717, 1.165) is 11.1 Å². The number of benzene rings is 2. The maximum Gasteiger partial charge on any atom is 0.310 e. The Morgan fingerprint density at radius 1 is 1.04 bits per heavy atom. The summed E-state index contributed by atoms with van der Waals surface area (Å²) in [5, 5.41) is 8.23. The standard InChI is InChI=1S/C17H16N2O4S2/c1-13-7-9-14(10-8-13)16-18-19-17(22-16)24-11-12-25(20,21)23-15-5-3-2-4-6-15/h2-10H,11-12H2,1H3. The van der Waals surface area contributed by atoms with Gasteiger partial charge in [0.15, 0.2) is 0 Å². The topological polar surface area (TPSA) is 82.3 Å². The normalized spacial score (nSPS) is 11.4. The van der Waals surface area contributed by atoms with E-state index in [0.29, 0.717) is 16.9 Å². The maximum absolute atomic E-state index is 11.9. The molecule has 0 fully saturated rings. The summed E-state index contributed by atoms with van der Waals surface area (Å²) >= 11 is 1.18. The fraction of sp³-hybridized carbons (Fsp3) is 0.176. The number of para-hydroxylation sites is 1. The first-order valence-corrected chi connectivity index (χ1v) is 10.1. The van der Waals surface area contributed by atoms with Crippen LogP contribution in [0.15, 0.2) is 64.2 Å². The van der Waals surface area contributed by atoms with Crippen molar-refractivity contribution >= 4 is 21.9 Å². The van der Waals surface area contributed by atoms with E-state index in [1.807, 2.05) is 31.2 Å². The molecule has 0 saturated carbocycles. The number of aromatic nitrogens is 2. The molecule has 0 saturated heterocycles. The highest BCUT2D eigenvalue weighted by molar-refractivity contribution is 8.00. The molecule has 2 aromatic carbocycles. The molecule has 0 spiro atoms.